The van der Waals surface area contributed by atoms with Crippen LogP contribution in [0.2, 0.25) is 10.0 Å². The van der Waals surface area contributed by atoms with Crippen molar-refractivity contribution in [3.63, 3.8) is 0 Å². The van der Waals surface area contributed by atoms with E-state index in [1.165, 1.54) is 6.07 Å². The van der Waals surface area contributed by atoms with Gasteiger partial charge in [-0.15, -0.1) is 0 Å². The molecule has 2 saturated heterocycles. The summed E-state index contributed by atoms with van der Waals surface area (Å²) in [7, 11) is 1.91. The third-order valence-corrected chi connectivity index (χ3v) is 9.29. The number of nitrogens with one attached hydrogen (secondary N) is 1. The highest BCUT2D eigenvalue weighted by Gasteiger charge is 2.68. The number of Topliss-reactive ketones (excluding diaryl/α,β-unsaturated/α-hetero) is 1. The van der Waals surface area contributed by atoms with Gasteiger partial charge >= 0.3 is 0 Å². The largest absolute Gasteiger partial charge is 0.379 e. The first-order valence-electron chi connectivity index (χ1n) is 14.1. The van der Waals surface area contributed by atoms with E-state index in [-0.39, 0.29) is 28.2 Å². The number of halogens is 3. The molecule has 0 aliphatic carbocycles. The van der Waals surface area contributed by atoms with E-state index in [0.717, 1.165) is 25.2 Å². The highest BCUT2D eigenvalue weighted by molar-refractivity contribution is 6.31. The van der Waals surface area contributed by atoms with E-state index >= 15 is 4.39 Å². The number of hydrogen-bond donors (Lipinski definition) is 1. The van der Waals surface area contributed by atoms with Gasteiger partial charge in [-0.2, -0.15) is 0 Å². The van der Waals surface area contributed by atoms with Gasteiger partial charge in [-0.1, -0.05) is 62.2 Å². The van der Waals surface area contributed by atoms with Crippen LogP contribution >= 0.6 is 23.2 Å². The van der Waals surface area contributed by atoms with Crippen LogP contribution in [0.25, 0.3) is 0 Å². The van der Waals surface area contributed by atoms with E-state index in [4.69, 9.17) is 27.9 Å². The van der Waals surface area contributed by atoms with E-state index in [1.807, 2.05) is 18.0 Å². The molecule has 3 aliphatic heterocycles. The Morgan fingerprint density at radius 2 is 1.90 bits per heavy atom. The lowest BCUT2D eigenvalue weighted by Gasteiger charge is -2.39. The van der Waals surface area contributed by atoms with Crippen molar-refractivity contribution >= 4 is 40.6 Å². The first kappa shape index (κ1) is 29.5. The van der Waals surface area contributed by atoms with Crippen molar-refractivity contribution in [3.8, 4) is 0 Å². The minimum atomic E-state index is -1.21. The molecule has 6 nitrogen and oxygen atoms in total. The molecule has 3 aliphatic rings. The number of benzene rings is 2. The number of hydrogen-bond acceptors (Lipinski definition) is 5. The number of ether oxygens (including phenoxy) is 1. The zero-order valence-electron chi connectivity index (χ0n) is 23.6. The molecule has 40 heavy (non-hydrogen) atoms. The van der Waals surface area contributed by atoms with E-state index < -0.39 is 23.2 Å². The SMILES string of the molecule is CN1[C@@H](C(=O)CCCN2CCOCC2)[C@H](c2cccc(Cl)c2F)[C@@]2(C(=O)Nc3cc(Cl)ccc32)[C@H]1CC(C)(C)C. The van der Waals surface area contributed by atoms with Crippen LogP contribution in [0.3, 0.4) is 0 Å². The number of carbonyl (C=O) groups excluding carboxylic acids is 2. The van der Waals surface area contributed by atoms with Gasteiger partial charge in [0.1, 0.15) is 11.2 Å². The summed E-state index contributed by atoms with van der Waals surface area (Å²) in [5.41, 5.74) is 0.263. The molecule has 5 rings (SSSR count). The number of ketones is 1. The van der Waals surface area contributed by atoms with Crippen molar-refractivity contribution in [3.05, 3.63) is 63.4 Å². The predicted octanol–water partition coefficient (Wildman–Crippen LogP) is 5.91. The minimum Gasteiger partial charge on any atom is -0.379 e. The molecule has 9 heteroatoms. The molecule has 1 spiro atoms. The number of likely N-dealkylation sites (tertiary alicyclic amines) is 1. The number of fused-ring (bicyclic) bond motifs is 2. The summed E-state index contributed by atoms with van der Waals surface area (Å²) >= 11 is 12.6. The number of amides is 1. The third kappa shape index (κ3) is 5.20. The summed E-state index contributed by atoms with van der Waals surface area (Å²) in [4.78, 5) is 32.9. The fourth-order valence-electron chi connectivity index (χ4n) is 7.10. The Morgan fingerprint density at radius 3 is 2.60 bits per heavy atom. The first-order valence-corrected chi connectivity index (χ1v) is 14.8. The van der Waals surface area contributed by atoms with Gasteiger partial charge in [0.2, 0.25) is 5.91 Å². The van der Waals surface area contributed by atoms with Crippen molar-refractivity contribution in [2.45, 2.75) is 63.5 Å². The van der Waals surface area contributed by atoms with Crippen LogP contribution in [0.4, 0.5) is 10.1 Å². The Hall–Kier alpha value is -2.03. The third-order valence-electron chi connectivity index (χ3n) is 8.77. The van der Waals surface area contributed by atoms with Gasteiger partial charge in [0, 0.05) is 42.2 Å². The number of morpholine rings is 1. The zero-order chi connectivity index (χ0) is 28.8. The van der Waals surface area contributed by atoms with Gasteiger partial charge in [-0.3, -0.25) is 19.4 Å². The van der Waals surface area contributed by atoms with Gasteiger partial charge in [-0.25, -0.2) is 4.39 Å². The lowest BCUT2D eigenvalue weighted by molar-refractivity contribution is -0.124. The normalized spacial score (nSPS) is 27.3. The van der Waals surface area contributed by atoms with Gasteiger partial charge in [-0.05, 0) is 61.2 Å². The van der Waals surface area contributed by atoms with Gasteiger partial charge in [0.05, 0.1) is 24.3 Å². The molecule has 0 aromatic heterocycles. The summed E-state index contributed by atoms with van der Waals surface area (Å²) in [6, 6.07) is 9.15. The lowest BCUT2D eigenvalue weighted by atomic mass is 9.62. The average molecular weight is 591 g/mol. The first-order chi connectivity index (χ1) is 18.9. The molecule has 2 aromatic rings. The van der Waals surface area contributed by atoms with Crippen LogP contribution in [0.1, 0.15) is 57.1 Å². The van der Waals surface area contributed by atoms with Crippen LogP contribution in [0.15, 0.2) is 36.4 Å². The molecule has 2 fully saturated rings. The van der Waals surface area contributed by atoms with Crippen LogP contribution in [-0.2, 0) is 19.7 Å². The summed E-state index contributed by atoms with van der Waals surface area (Å²) in [5.74, 6) is -1.59. The second-order valence-corrected chi connectivity index (χ2v) is 13.4. The van der Waals surface area contributed by atoms with Crippen molar-refractivity contribution in [1.29, 1.82) is 0 Å². The van der Waals surface area contributed by atoms with Gasteiger partial charge < -0.3 is 10.1 Å². The van der Waals surface area contributed by atoms with Crippen molar-refractivity contribution in [2.75, 3.05) is 45.2 Å². The Bertz CT molecular complexity index is 1290. The van der Waals surface area contributed by atoms with Gasteiger partial charge in [0.15, 0.2) is 5.78 Å². The molecule has 0 saturated carbocycles. The Balaban J connectivity index is 1.63. The zero-order valence-corrected chi connectivity index (χ0v) is 25.1. The molecule has 3 heterocycles. The minimum absolute atomic E-state index is 0.00568. The van der Waals surface area contributed by atoms with Crippen molar-refractivity contribution in [2.24, 2.45) is 5.41 Å². The molecular formula is C31H38Cl2FN3O3. The molecular weight excluding hydrogens is 552 g/mol. The van der Waals surface area contributed by atoms with Gasteiger partial charge in [0.25, 0.3) is 0 Å². The topological polar surface area (TPSA) is 61.9 Å². The molecule has 1 amide bonds. The summed E-state index contributed by atoms with van der Waals surface area (Å²) in [6.07, 6.45) is 1.64. The van der Waals surface area contributed by atoms with E-state index in [1.54, 1.807) is 24.3 Å². The summed E-state index contributed by atoms with van der Waals surface area (Å²) in [5, 5.41) is 3.52. The van der Waals surface area contributed by atoms with E-state index in [9.17, 15) is 9.59 Å². The average Bonchev–Trinajstić information content (AvgIpc) is 3.31. The van der Waals surface area contributed by atoms with Crippen LogP contribution in [0.5, 0.6) is 0 Å². The predicted molar refractivity (Wildman–Crippen MR) is 157 cm³/mol. The fraction of sp³-hybridized carbons (Fsp3) is 0.548. The highest BCUT2D eigenvalue weighted by atomic mass is 35.5. The monoisotopic (exact) mass is 589 g/mol. The van der Waals surface area contributed by atoms with E-state index in [0.29, 0.717) is 48.7 Å². The molecule has 216 valence electrons. The lowest BCUT2D eigenvalue weighted by Crippen LogP contribution is -2.50. The van der Waals surface area contributed by atoms with E-state index in [2.05, 4.69) is 31.0 Å². The number of nitrogens with zero attached hydrogens (tertiary/aromatic N) is 2. The number of rotatable bonds is 7. The van der Waals surface area contributed by atoms with Crippen molar-refractivity contribution in [1.82, 2.24) is 9.80 Å². The quantitative estimate of drug-likeness (QED) is 0.435. The van der Waals surface area contributed by atoms with Crippen LogP contribution < -0.4 is 5.32 Å². The molecule has 2 aromatic carbocycles. The highest BCUT2D eigenvalue weighted by Crippen LogP contribution is 2.60. The smallest absolute Gasteiger partial charge is 0.237 e. The Kier molecular flexibility index (Phi) is 8.35. The standard InChI is InChI=1S/C31H38Cl2FN3O3/c1-30(2,3)18-25-31(21-11-10-19(32)17-23(21)35-29(31)39)26(20-7-5-8-22(33)27(20)34)28(36(25)4)24(38)9-6-12-37-13-15-40-16-14-37/h5,7-8,10-11,17,25-26,28H,6,9,12-16,18H2,1-4H3,(H,35,39)/t25-,26+,28+,31+/m1/s1. The molecule has 0 unspecified atom stereocenters. The summed E-state index contributed by atoms with van der Waals surface area (Å²) in [6.45, 7) is 10.3. The maximum Gasteiger partial charge on any atom is 0.237 e. The number of carbonyl (C=O) groups is 2. The summed E-state index contributed by atoms with van der Waals surface area (Å²) < 4.78 is 21.4. The second kappa shape index (κ2) is 11.3. The number of anilines is 1. The molecule has 1 N–H and O–H groups in total. The second-order valence-electron chi connectivity index (χ2n) is 12.5. The van der Waals surface area contributed by atoms with Crippen LogP contribution in [0, 0.1) is 11.2 Å². The fourth-order valence-corrected chi connectivity index (χ4v) is 7.45. The number of likely N-dealkylation sites (N-methyl/N-ethyl adjacent to an activating group) is 1. The molecule has 0 bridgehead atoms. The molecule has 4 atom stereocenters. The Labute approximate surface area is 246 Å². The maximum absolute atomic E-state index is 15.9. The maximum atomic E-state index is 15.9. The van der Waals surface area contributed by atoms with Crippen LogP contribution in [-0.4, -0.2) is 73.5 Å². The van der Waals surface area contributed by atoms with Crippen molar-refractivity contribution < 1.29 is 18.7 Å². The Morgan fingerprint density at radius 1 is 1.18 bits per heavy atom. The molecule has 0 radical (unpaired) electrons.